The minimum atomic E-state index is -1.05. The molecular weight excluding hydrogens is 320 g/mol. The summed E-state index contributed by atoms with van der Waals surface area (Å²) in [7, 11) is 0. The maximum absolute atomic E-state index is 11.5. The largest absolute Gasteiger partial charge is 0.480 e. The molecule has 2 aromatic rings. The van der Waals surface area contributed by atoms with Crippen LogP contribution in [0.1, 0.15) is 25.8 Å². The summed E-state index contributed by atoms with van der Waals surface area (Å²) in [6.45, 7) is 3.82. The topological polar surface area (TPSA) is 91.6 Å². The van der Waals surface area contributed by atoms with Crippen LogP contribution in [0.25, 0.3) is 5.69 Å². The highest BCUT2D eigenvalue weighted by Crippen LogP contribution is 2.13. The van der Waals surface area contributed by atoms with Gasteiger partial charge in [0.2, 0.25) is 0 Å². The molecule has 1 heterocycles. The monoisotopic (exact) mass is 344 g/mol. The molecule has 0 amide bonds. The summed E-state index contributed by atoms with van der Waals surface area (Å²) in [6.07, 6.45) is 4.47. The third-order valence-electron chi connectivity index (χ3n) is 3.98. The predicted molar refractivity (Wildman–Crippen MR) is 94.9 cm³/mol. The molecule has 0 bridgehead atoms. The number of aromatic nitrogens is 1. The molecule has 0 fully saturated rings. The van der Waals surface area contributed by atoms with Gasteiger partial charge < -0.3 is 14.8 Å². The Balaban J connectivity index is 2.08. The molecule has 2 atom stereocenters. The fraction of sp³-hybridized carbons (Fsp3) is 0.368. The number of hydrogen-bond donors (Lipinski definition) is 3. The van der Waals surface area contributed by atoms with Gasteiger partial charge in [0, 0.05) is 18.1 Å². The average molecular weight is 344 g/mol. The highest BCUT2D eigenvalue weighted by atomic mass is 16.4. The Kier molecular flexibility index (Phi) is 6.36. The van der Waals surface area contributed by atoms with Crippen LogP contribution in [0.15, 0.2) is 48.8 Å². The summed E-state index contributed by atoms with van der Waals surface area (Å²) < 4.78 is 1.96. The number of carboxylic acids is 2. The second kappa shape index (κ2) is 8.48. The van der Waals surface area contributed by atoms with Crippen molar-refractivity contribution in [3.63, 3.8) is 0 Å². The number of benzene rings is 1. The zero-order valence-electron chi connectivity index (χ0n) is 14.4. The van der Waals surface area contributed by atoms with Crippen LogP contribution >= 0.6 is 0 Å². The van der Waals surface area contributed by atoms with Crippen molar-refractivity contribution in [2.24, 2.45) is 5.92 Å². The van der Waals surface area contributed by atoms with Gasteiger partial charge in [0.1, 0.15) is 12.1 Å². The zero-order chi connectivity index (χ0) is 18.4. The van der Waals surface area contributed by atoms with E-state index in [-0.39, 0.29) is 12.3 Å². The second-order valence-corrected chi connectivity index (χ2v) is 6.54. The number of nitrogens with one attached hydrogen (secondary N) is 1. The van der Waals surface area contributed by atoms with Crippen molar-refractivity contribution >= 4 is 11.9 Å². The first-order chi connectivity index (χ1) is 11.9. The zero-order valence-corrected chi connectivity index (χ0v) is 14.4. The van der Waals surface area contributed by atoms with Gasteiger partial charge in [0.25, 0.3) is 0 Å². The van der Waals surface area contributed by atoms with E-state index in [0.29, 0.717) is 6.42 Å². The lowest BCUT2D eigenvalue weighted by Gasteiger charge is -2.22. The lowest BCUT2D eigenvalue weighted by Crippen LogP contribution is -2.48. The van der Waals surface area contributed by atoms with Gasteiger partial charge >= 0.3 is 11.9 Å². The van der Waals surface area contributed by atoms with Crippen LogP contribution in [0.5, 0.6) is 0 Å². The third-order valence-corrected chi connectivity index (χ3v) is 3.98. The average Bonchev–Trinajstić information content (AvgIpc) is 3.07. The van der Waals surface area contributed by atoms with Crippen LogP contribution in [0.4, 0.5) is 0 Å². The maximum Gasteiger partial charge on any atom is 0.321 e. The van der Waals surface area contributed by atoms with Gasteiger partial charge in [-0.25, -0.2) is 0 Å². The maximum atomic E-state index is 11.5. The summed E-state index contributed by atoms with van der Waals surface area (Å²) in [5.41, 5.74) is 1.82. The highest BCUT2D eigenvalue weighted by molar-refractivity contribution is 5.77. The van der Waals surface area contributed by atoms with Crippen LogP contribution < -0.4 is 5.32 Å². The SMILES string of the molecule is CC(C)C[C@H](N[C@@H](Cc1ccc(-n2cccc2)cc1)C(=O)O)C(=O)O. The molecular formula is C19H24N2O4. The summed E-state index contributed by atoms with van der Waals surface area (Å²) in [6, 6.07) is 9.60. The van der Waals surface area contributed by atoms with Crippen LogP contribution in [-0.2, 0) is 16.0 Å². The molecule has 0 aliphatic carbocycles. The molecule has 0 aliphatic heterocycles. The van der Waals surface area contributed by atoms with Crippen LogP contribution in [-0.4, -0.2) is 38.8 Å². The number of carboxylic acid groups (broad SMARTS) is 2. The minimum Gasteiger partial charge on any atom is -0.480 e. The van der Waals surface area contributed by atoms with E-state index in [1.807, 2.05) is 67.2 Å². The molecule has 6 heteroatoms. The molecule has 1 aromatic heterocycles. The van der Waals surface area contributed by atoms with Gasteiger partial charge in [0.05, 0.1) is 0 Å². The number of rotatable bonds is 9. The van der Waals surface area contributed by atoms with E-state index < -0.39 is 24.0 Å². The summed E-state index contributed by atoms with van der Waals surface area (Å²) >= 11 is 0. The molecule has 2 rings (SSSR count). The standard InChI is InChI=1S/C19H24N2O4/c1-13(2)11-16(18(22)23)20-17(19(24)25)12-14-5-7-15(8-6-14)21-9-3-4-10-21/h3-10,13,16-17,20H,11-12H2,1-2H3,(H,22,23)(H,24,25)/t16-,17-/m0/s1. The summed E-state index contributed by atoms with van der Waals surface area (Å²) in [5, 5.41) is 21.5. The molecule has 25 heavy (non-hydrogen) atoms. The smallest absolute Gasteiger partial charge is 0.321 e. The molecule has 1 aromatic carbocycles. The van der Waals surface area contributed by atoms with Gasteiger partial charge in [-0.3, -0.25) is 14.9 Å². The number of hydrogen-bond acceptors (Lipinski definition) is 3. The second-order valence-electron chi connectivity index (χ2n) is 6.54. The molecule has 0 unspecified atom stereocenters. The Morgan fingerprint density at radius 3 is 2.04 bits per heavy atom. The number of nitrogens with zero attached hydrogens (tertiary/aromatic N) is 1. The Morgan fingerprint density at radius 2 is 1.56 bits per heavy atom. The van der Waals surface area contributed by atoms with E-state index in [4.69, 9.17) is 0 Å². The fourth-order valence-corrected chi connectivity index (χ4v) is 2.72. The van der Waals surface area contributed by atoms with Crippen molar-refractivity contribution < 1.29 is 19.8 Å². The lowest BCUT2D eigenvalue weighted by atomic mass is 10.0. The van der Waals surface area contributed by atoms with Gasteiger partial charge in [-0.1, -0.05) is 26.0 Å². The van der Waals surface area contributed by atoms with Crippen molar-refractivity contribution in [2.75, 3.05) is 0 Å². The predicted octanol–water partition coefficient (Wildman–Crippen LogP) is 2.56. The Hall–Kier alpha value is -2.60. The molecule has 134 valence electrons. The van der Waals surface area contributed by atoms with E-state index in [9.17, 15) is 19.8 Å². The molecule has 0 spiro atoms. The van der Waals surface area contributed by atoms with Crippen molar-refractivity contribution in [2.45, 2.75) is 38.8 Å². The van der Waals surface area contributed by atoms with Gasteiger partial charge in [-0.05, 0) is 48.6 Å². The van der Waals surface area contributed by atoms with E-state index in [1.54, 1.807) is 0 Å². The lowest BCUT2D eigenvalue weighted by molar-refractivity contribution is -0.142. The first kappa shape index (κ1) is 18.7. The van der Waals surface area contributed by atoms with Crippen LogP contribution in [0, 0.1) is 5.92 Å². The Labute approximate surface area is 147 Å². The van der Waals surface area contributed by atoms with Crippen molar-refractivity contribution in [1.29, 1.82) is 0 Å². The first-order valence-electron chi connectivity index (χ1n) is 8.30. The van der Waals surface area contributed by atoms with E-state index in [1.165, 1.54) is 0 Å². The summed E-state index contributed by atoms with van der Waals surface area (Å²) in [5.74, 6) is -1.92. The van der Waals surface area contributed by atoms with Gasteiger partial charge in [0.15, 0.2) is 0 Å². The quantitative estimate of drug-likeness (QED) is 0.650. The normalized spacial score (nSPS) is 13.6. The highest BCUT2D eigenvalue weighted by Gasteiger charge is 2.26. The van der Waals surface area contributed by atoms with Crippen LogP contribution in [0.2, 0.25) is 0 Å². The Morgan fingerprint density at radius 1 is 1.00 bits per heavy atom. The van der Waals surface area contributed by atoms with Crippen molar-refractivity contribution in [3.05, 3.63) is 54.4 Å². The minimum absolute atomic E-state index is 0.156. The number of carbonyl (C=O) groups is 2. The van der Waals surface area contributed by atoms with E-state index >= 15 is 0 Å². The summed E-state index contributed by atoms with van der Waals surface area (Å²) in [4.78, 5) is 22.9. The molecule has 0 aliphatic rings. The van der Waals surface area contributed by atoms with E-state index in [0.717, 1.165) is 11.3 Å². The van der Waals surface area contributed by atoms with Crippen molar-refractivity contribution in [3.8, 4) is 5.69 Å². The van der Waals surface area contributed by atoms with Crippen LogP contribution in [0.3, 0.4) is 0 Å². The molecule has 0 saturated carbocycles. The number of aliphatic carboxylic acids is 2. The molecule has 0 radical (unpaired) electrons. The molecule has 3 N–H and O–H groups in total. The first-order valence-corrected chi connectivity index (χ1v) is 8.30. The molecule has 0 saturated heterocycles. The van der Waals surface area contributed by atoms with Gasteiger partial charge in [-0.2, -0.15) is 0 Å². The Bertz CT molecular complexity index is 693. The van der Waals surface area contributed by atoms with Gasteiger partial charge in [-0.15, -0.1) is 0 Å². The van der Waals surface area contributed by atoms with Crippen molar-refractivity contribution in [1.82, 2.24) is 9.88 Å². The molecule has 6 nitrogen and oxygen atoms in total. The third kappa shape index (κ3) is 5.46. The van der Waals surface area contributed by atoms with E-state index in [2.05, 4.69) is 5.32 Å². The fourth-order valence-electron chi connectivity index (χ4n) is 2.72.